The lowest BCUT2D eigenvalue weighted by Crippen LogP contribution is -2.56. The van der Waals surface area contributed by atoms with Crippen LogP contribution >= 0.6 is 0 Å². The third-order valence-corrected chi connectivity index (χ3v) is 8.21. The maximum absolute atomic E-state index is 13.4. The minimum absolute atomic E-state index is 0.0702. The predicted octanol–water partition coefficient (Wildman–Crippen LogP) is 4.19. The number of rotatable bonds is 7. The lowest BCUT2D eigenvalue weighted by molar-refractivity contribution is -0.127. The van der Waals surface area contributed by atoms with E-state index in [-0.39, 0.29) is 29.5 Å². The summed E-state index contributed by atoms with van der Waals surface area (Å²) < 4.78 is 40.0. The van der Waals surface area contributed by atoms with Crippen molar-refractivity contribution in [2.24, 2.45) is 11.7 Å². The molecule has 1 aliphatic carbocycles. The van der Waals surface area contributed by atoms with Gasteiger partial charge < -0.3 is 26.0 Å². The molecule has 0 bridgehead atoms. The molecular weight excluding hydrogens is 507 g/mol. The Balaban J connectivity index is 1.12. The topological polar surface area (TPSA) is 107 Å². The van der Waals surface area contributed by atoms with Crippen LogP contribution in [-0.2, 0) is 4.79 Å². The summed E-state index contributed by atoms with van der Waals surface area (Å²) in [5.74, 6) is -3.88. The molecule has 1 amide bonds. The van der Waals surface area contributed by atoms with Crippen molar-refractivity contribution in [3.8, 4) is 0 Å². The Morgan fingerprint density at radius 2 is 1.82 bits per heavy atom. The van der Waals surface area contributed by atoms with Gasteiger partial charge in [-0.15, -0.1) is 0 Å². The van der Waals surface area contributed by atoms with Crippen LogP contribution < -0.4 is 11.1 Å². The number of aromatic amines is 1. The van der Waals surface area contributed by atoms with Gasteiger partial charge in [0.1, 0.15) is 6.23 Å². The lowest BCUT2D eigenvalue weighted by Gasteiger charge is -2.40. The van der Waals surface area contributed by atoms with E-state index in [0.717, 1.165) is 48.8 Å². The van der Waals surface area contributed by atoms with Crippen molar-refractivity contribution in [3.05, 3.63) is 71.3 Å². The minimum Gasteiger partial charge on any atom is -0.377 e. The Morgan fingerprint density at radius 3 is 2.49 bits per heavy atom. The first-order chi connectivity index (χ1) is 18.8. The number of amides is 1. The van der Waals surface area contributed by atoms with E-state index in [2.05, 4.69) is 21.5 Å². The highest BCUT2D eigenvalue weighted by atomic mass is 19.2. The van der Waals surface area contributed by atoms with Crippen molar-refractivity contribution >= 4 is 23.0 Å². The van der Waals surface area contributed by atoms with Crippen LogP contribution in [0.1, 0.15) is 55.6 Å². The predicted molar refractivity (Wildman–Crippen MR) is 143 cm³/mol. The second kappa shape index (κ2) is 11.9. The van der Waals surface area contributed by atoms with E-state index in [9.17, 15) is 23.1 Å². The summed E-state index contributed by atoms with van der Waals surface area (Å²) in [5, 5.41) is 14.0. The first kappa shape index (κ1) is 27.4. The van der Waals surface area contributed by atoms with Crippen molar-refractivity contribution in [2.75, 3.05) is 13.1 Å². The number of nitrogens with one attached hydrogen (secondary N) is 2. The molecular formula is C29H34F3N5O2. The van der Waals surface area contributed by atoms with Gasteiger partial charge in [-0.05, 0) is 91.8 Å². The molecule has 7 nitrogen and oxygen atoms in total. The number of aliphatic hydroxyl groups is 1. The molecule has 10 heteroatoms. The molecule has 5 N–H and O–H groups in total. The van der Waals surface area contributed by atoms with Crippen LogP contribution in [0.25, 0.3) is 17.1 Å². The summed E-state index contributed by atoms with van der Waals surface area (Å²) in [5.41, 5.74) is 9.42. The van der Waals surface area contributed by atoms with E-state index in [0.29, 0.717) is 31.8 Å². The first-order valence-corrected chi connectivity index (χ1v) is 13.5. The Hall–Kier alpha value is -3.21. The van der Waals surface area contributed by atoms with Crippen molar-refractivity contribution < 1.29 is 23.1 Å². The van der Waals surface area contributed by atoms with Gasteiger partial charge in [-0.2, -0.15) is 0 Å². The SMILES string of the molecule is NC(O)C(NC1CCC(c2c[nH]c3cccnc23)CC1)C1CCN(C(=O)C=Cc2cc(F)c(F)c(F)c2)CC1. The molecule has 2 aromatic heterocycles. The molecule has 1 aliphatic heterocycles. The van der Waals surface area contributed by atoms with Gasteiger partial charge in [-0.3, -0.25) is 9.78 Å². The smallest absolute Gasteiger partial charge is 0.246 e. The number of aromatic nitrogens is 2. The fraction of sp³-hybridized carbons (Fsp3) is 0.448. The van der Waals surface area contributed by atoms with E-state index in [1.54, 1.807) is 4.90 Å². The molecule has 208 valence electrons. The number of nitrogens with two attached hydrogens (primary N) is 1. The molecule has 1 saturated heterocycles. The Morgan fingerprint density at radius 1 is 1.13 bits per heavy atom. The number of hydrogen-bond acceptors (Lipinski definition) is 5. The number of aliphatic hydroxyl groups excluding tert-OH is 1. The Labute approximate surface area is 225 Å². The van der Waals surface area contributed by atoms with E-state index in [1.807, 2.05) is 18.3 Å². The maximum atomic E-state index is 13.4. The zero-order valence-corrected chi connectivity index (χ0v) is 21.6. The molecule has 5 rings (SSSR count). The molecule has 0 radical (unpaired) electrons. The number of hydrogen-bond donors (Lipinski definition) is 4. The summed E-state index contributed by atoms with van der Waals surface area (Å²) in [6.45, 7) is 0.955. The number of fused-ring (bicyclic) bond motifs is 1. The molecule has 2 aliphatic rings. The average Bonchev–Trinajstić information content (AvgIpc) is 3.38. The van der Waals surface area contributed by atoms with E-state index in [1.165, 1.54) is 17.7 Å². The highest BCUT2D eigenvalue weighted by Gasteiger charge is 2.34. The summed E-state index contributed by atoms with van der Waals surface area (Å²) in [4.78, 5) is 22.2. The molecule has 1 aromatic carbocycles. The fourth-order valence-electron chi connectivity index (χ4n) is 6.07. The second-order valence-electron chi connectivity index (χ2n) is 10.7. The van der Waals surface area contributed by atoms with Crippen molar-refractivity contribution in [1.82, 2.24) is 20.2 Å². The number of pyridine rings is 1. The number of piperidine rings is 1. The average molecular weight is 542 g/mol. The number of benzene rings is 1. The highest BCUT2D eigenvalue weighted by Crippen LogP contribution is 2.36. The standard InChI is InChI=1S/C29H34F3N5O2/c30-22-14-17(15-23(31)26(22)32)3-8-25(38)37-12-9-19(10-13-37)27(29(33)39)36-20-6-4-18(5-7-20)21-16-35-24-2-1-11-34-28(21)24/h1-3,8,11,14-16,18-20,27,29,35-36,39H,4-7,9-10,12-13,33H2. The van der Waals surface area contributed by atoms with Gasteiger partial charge in [-0.1, -0.05) is 0 Å². The van der Waals surface area contributed by atoms with Crippen LogP contribution in [0.15, 0.2) is 42.7 Å². The number of carbonyl (C=O) groups is 1. The quantitative estimate of drug-likeness (QED) is 0.204. The maximum Gasteiger partial charge on any atom is 0.246 e. The third kappa shape index (κ3) is 6.18. The second-order valence-corrected chi connectivity index (χ2v) is 10.7. The van der Waals surface area contributed by atoms with Crippen molar-refractivity contribution in [2.45, 2.75) is 62.8 Å². The number of likely N-dealkylation sites (tertiary alicyclic amines) is 1. The van der Waals surface area contributed by atoms with Crippen LogP contribution in [-0.4, -0.2) is 57.3 Å². The van der Waals surface area contributed by atoms with Gasteiger partial charge in [-0.25, -0.2) is 13.2 Å². The third-order valence-electron chi connectivity index (χ3n) is 8.21. The van der Waals surface area contributed by atoms with Gasteiger partial charge in [0.25, 0.3) is 0 Å². The van der Waals surface area contributed by atoms with Crippen LogP contribution in [0.2, 0.25) is 0 Å². The molecule has 3 aromatic rings. The molecule has 39 heavy (non-hydrogen) atoms. The zero-order chi connectivity index (χ0) is 27.5. The van der Waals surface area contributed by atoms with E-state index < -0.39 is 23.7 Å². The molecule has 0 spiro atoms. The summed E-state index contributed by atoms with van der Waals surface area (Å²) >= 11 is 0. The minimum atomic E-state index is -1.54. The summed E-state index contributed by atoms with van der Waals surface area (Å²) in [7, 11) is 0. The number of halogens is 3. The molecule has 2 unspecified atom stereocenters. The van der Waals surface area contributed by atoms with Gasteiger partial charge in [0.05, 0.1) is 11.0 Å². The lowest BCUT2D eigenvalue weighted by atomic mass is 9.81. The zero-order valence-electron chi connectivity index (χ0n) is 21.6. The Kier molecular flexibility index (Phi) is 8.34. The Bertz CT molecular complexity index is 1300. The largest absolute Gasteiger partial charge is 0.377 e. The van der Waals surface area contributed by atoms with Crippen LogP contribution in [0.3, 0.4) is 0 Å². The number of carbonyl (C=O) groups excluding carboxylic acids is 1. The monoisotopic (exact) mass is 541 g/mol. The number of H-pyrrole nitrogens is 1. The van der Waals surface area contributed by atoms with Crippen LogP contribution in [0.5, 0.6) is 0 Å². The van der Waals surface area contributed by atoms with Crippen molar-refractivity contribution in [3.63, 3.8) is 0 Å². The number of nitrogens with zero attached hydrogens (tertiary/aromatic N) is 2. The molecule has 2 atom stereocenters. The van der Waals surface area contributed by atoms with Crippen LogP contribution in [0, 0.1) is 23.4 Å². The molecule has 1 saturated carbocycles. The fourth-order valence-corrected chi connectivity index (χ4v) is 6.07. The van der Waals surface area contributed by atoms with E-state index in [4.69, 9.17) is 5.73 Å². The van der Waals surface area contributed by atoms with Gasteiger partial charge in [0, 0.05) is 43.6 Å². The normalized spacial score (nSPS) is 22.4. The van der Waals surface area contributed by atoms with Gasteiger partial charge in [0.2, 0.25) is 5.91 Å². The summed E-state index contributed by atoms with van der Waals surface area (Å²) in [6.07, 6.45) is 10.7. The van der Waals surface area contributed by atoms with Crippen molar-refractivity contribution in [1.29, 1.82) is 0 Å². The molecule has 2 fully saturated rings. The summed E-state index contributed by atoms with van der Waals surface area (Å²) in [6, 6.07) is 5.63. The van der Waals surface area contributed by atoms with Gasteiger partial charge >= 0.3 is 0 Å². The highest BCUT2D eigenvalue weighted by molar-refractivity contribution is 5.91. The van der Waals surface area contributed by atoms with E-state index >= 15 is 0 Å². The molecule has 3 heterocycles. The van der Waals surface area contributed by atoms with Gasteiger partial charge in [0.15, 0.2) is 17.5 Å². The van der Waals surface area contributed by atoms with Crippen LogP contribution in [0.4, 0.5) is 13.2 Å². The first-order valence-electron chi connectivity index (χ1n) is 13.5.